The molecular formula is C13H19BrN2O4S. The van der Waals surface area contributed by atoms with Crippen LogP contribution in [0.5, 0.6) is 5.75 Å². The molecule has 1 aromatic carbocycles. The highest BCUT2D eigenvalue weighted by Crippen LogP contribution is 2.27. The van der Waals surface area contributed by atoms with Crippen molar-refractivity contribution in [3.05, 3.63) is 22.7 Å². The van der Waals surface area contributed by atoms with Crippen molar-refractivity contribution in [3.63, 3.8) is 0 Å². The lowest BCUT2D eigenvalue weighted by Gasteiger charge is -2.18. The molecule has 6 nitrogen and oxygen atoms in total. The summed E-state index contributed by atoms with van der Waals surface area (Å²) < 4.78 is 32.2. The average Bonchev–Trinajstić information content (AvgIpc) is 2.46. The van der Waals surface area contributed by atoms with Crippen LogP contribution in [0.25, 0.3) is 0 Å². The Morgan fingerprint density at radius 2 is 1.95 bits per heavy atom. The van der Waals surface area contributed by atoms with Gasteiger partial charge in [0.25, 0.3) is 0 Å². The van der Waals surface area contributed by atoms with Crippen molar-refractivity contribution in [1.29, 1.82) is 0 Å². The molecule has 0 bridgehead atoms. The maximum Gasteiger partial charge on any atom is 0.241 e. The van der Waals surface area contributed by atoms with E-state index < -0.39 is 10.0 Å². The molecule has 0 heterocycles. The number of carbonyl (C=O) groups excluding carboxylic acids is 1. The predicted octanol–water partition coefficient (Wildman–Crippen LogP) is 1.60. The minimum Gasteiger partial charge on any atom is -0.496 e. The Hall–Kier alpha value is -1.12. The molecule has 0 radical (unpaired) electrons. The van der Waals surface area contributed by atoms with Gasteiger partial charge in [-0.2, -0.15) is 0 Å². The molecule has 0 saturated heterocycles. The molecule has 1 aromatic rings. The minimum absolute atomic E-state index is 0.0718. The summed E-state index contributed by atoms with van der Waals surface area (Å²) >= 11 is 3.23. The highest BCUT2D eigenvalue weighted by Gasteiger charge is 2.18. The first-order valence-electron chi connectivity index (χ1n) is 6.46. The number of hydrogen-bond donors (Lipinski definition) is 1. The number of likely N-dealkylation sites (N-methyl/N-ethyl adjacent to an activating group) is 1. The number of amides is 1. The van der Waals surface area contributed by atoms with Gasteiger partial charge in [0.05, 0.1) is 23.0 Å². The van der Waals surface area contributed by atoms with Gasteiger partial charge in [0.15, 0.2) is 0 Å². The first-order chi connectivity index (χ1) is 9.85. The molecule has 21 heavy (non-hydrogen) atoms. The molecule has 0 aromatic heterocycles. The van der Waals surface area contributed by atoms with Crippen LogP contribution in [-0.2, 0) is 14.8 Å². The van der Waals surface area contributed by atoms with E-state index in [2.05, 4.69) is 20.7 Å². The van der Waals surface area contributed by atoms with Crippen molar-refractivity contribution in [2.75, 3.05) is 26.7 Å². The van der Waals surface area contributed by atoms with Gasteiger partial charge in [-0.3, -0.25) is 4.79 Å². The number of halogens is 1. The summed E-state index contributed by atoms with van der Waals surface area (Å²) in [6.45, 7) is 4.52. The van der Waals surface area contributed by atoms with Crippen LogP contribution in [0.2, 0.25) is 0 Å². The Morgan fingerprint density at radius 1 is 1.33 bits per heavy atom. The van der Waals surface area contributed by atoms with Crippen molar-refractivity contribution in [2.45, 2.75) is 18.7 Å². The maximum atomic E-state index is 12.1. The third-order valence-electron chi connectivity index (χ3n) is 2.96. The zero-order valence-electron chi connectivity index (χ0n) is 12.2. The van der Waals surface area contributed by atoms with Crippen LogP contribution < -0.4 is 9.46 Å². The number of hydrogen-bond acceptors (Lipinski definition) is 4. The Labute approximate surface area is 133 Å². The molecule has 0 fully saturated rings. The van der Waals surface area contributed by atoms with E-state index in [1.54, 1.807) is 11.0 Å². The van der Waals surface area contributed by atoms with E-state index >= 15 is 0 Å². The van der Waals surface area contributed by atoms with Crippen LogP contribution in [0.4, 0.5) is 0 Å². The molecule has 0 aliphatic rings. The lowest BCUT2D eigenvalue weighted by atomic mass is 10.3. The predicted molar refractivity (Wildman–Crippen MR) is 83.8 cm³/mol. The summed E-state index contributed by atoms with van der Waals surface area (Å²) in [5, 5.41) is 0. The molecular weight excluding hydrogens is 360 g/mol. The van der Waals surface area contributed by atoms with Crippen LogP contribution in [0.15, 0.2) is 27.6 Å². The number of carbonyl (C=O) groups is 1. The van der Waals surface area contributed by atoms with Crippen molar-refractivity contribution in [1.82, 2.24) is 9.62 Å². The Kier molecular flexibility index (Phi) is 6.63. The van der Waals surface area contributed by atoms with Crippen molar-refractivity contribution in [2.24, 2.45) is 0 Å². The Balaban J connectivity index is 2.83. The van der Waals surface area contributed by atoms with E-state index in [-0.39, 0.29) is 17.3 Å². The van der Waals surface area contributed by atoms with Crippen LogP contribution >= 0.6 is 15.9 Å². The summed E-state index contributed by atoms with van der Waals surface area (Å²) in [5.41, 5.74) is 0. The standard InChI is InChI=1S/C13H19BrN2O4S/c1-4-16(5-2)13(17)9-15-21(18,19)10-6-7-12(20-3)11(14)8-10/h6-8,15H,4-5,9H2,1-3H3. The molecule has 8 heteroatoms. The molecule has 1 amide bonds. The van der Waals surface area contributed by atoms with Crippen molar-refractivity contribution < 1.29 is 17.9 Å². The fraction of sp³-hybridized carbons (Fsp3) is 0.462. The molecule has 0 aliphatic heterocycles. The molecule has 0 saturated carbocycles. The summed E-state index contributed by atoms with van der Waals surface area (Å²) in [6.07, 6.45) is 0. The zero-order chi connectivity index (χ0) is 16.0. The Bertz CT molecular complexity index is 600. The van der Waals surface area contributed by atoms with Gasteiger partial charge in [-0.1, -0.05) is 0 Å². The second-order valence-electron chi connectivity index (χ2n) is 4.19. The van der Waals surface area contributed by atoms with Gasteiger partial charge < -0.3 is 9.64 Å². The molecule has 0 atom stereocenters. The van der Waals surface area contributed by atoms with E-state index in [1.807, 2.05) is 13.8 Å². The van der Waals surface area contributed by atoms with Crippen LogP contribution in [0, 0.1) is 0 Å². The fourth-order valence-corrected chi connectivity index (χ4v) is 3.44. The number of ether oxygens (including phenoxy) is 1. The largest absolute Gasteiger partial charge is 0.496 e. The van der Waals surface area contributed by atoms with E-state index in [0.29, 0.717) is 23.3 Å². The fourth-order valence-electron chi connectivity index (χ4n) is 1.74. The van der Waals surface area contributed by atoms with E-state index in [9.17, 15) is 13.2 Å². The zero-order valence-corrected chi connectivity index (χ0v) is 14.6. The third-order valence-corrected chi connectivity index (χ3v) is 4.98. The molecule has 0 unspecified atom stereocenters. The average molecular weight is 379 g/mol. The lowest BCUT2D eigenvalue weighted by Crippen LogP contribution is -2.39. The molecule has 118 valence electrons. The van der Waals surface area contributed by atoms with Gasteiger partial charge in [-0.05, 0) is 48.0 Å². The summed E-state index contributed by atoms with van der Waals surface area (Å²) in [5.74, 6) is 0.282. The number of nitrogens with one attached hydrogen (secondary N) is 1. The smallest absolute Gasteiger partial charge is 0.241 e. The highest BCUT2D eigenvalue weighted by atomic mass is 79.9. The molecule has 1 N–H and O–H groups in total. The number of methoxy groups -OCH3 is 1. The van der Waals surface area contributed by atoms with Crippen LogP contribution in [-0.4, -0.2) is 46.0 Å². The monoisotopic (exact) mass is 378 g/mol. The van der Waals surface area contributed by atoms with Crippen LogP contribution in [0.1, 0.15) is 13.8 Å². The maximum absolute atomic E-state index is 12.1. The van der Waals surface area contributed by atoms with Gasteiger partial charge in [0.2, 0.25) is 15.9 Å². The SMILES string of the molecule is CCN(CC)C(=O)CNS(=O)(=O)c1ccc(OC)c(Br)c1. The third kappa shape index (κ3) is 4.69. The van der Waals surface area contributed by atoms with E-state index in [4.69, 9.17) is 4.74 Å². The van der Waals surface area contributed by atoms with Gasteiger partial charge in [-0.25, -0.2) is 13.1 Å². The van der Waals surface area contributed by atoms with E-state index in [0.717, 1.165) is 0 Å². The number of rotatable bonds is 7. The first kappa shape index (κ1) is 17.9. The van der Waals surface area contributed by atoms with Gasteiger partial charge in [0.1, 0.15) is 5.75 Å². The lowest BCUT2D eigenvalue weighted by molar-refractivity contribution is -0.129. The van der Waals surface area contributed by atoms with Crippen LogP contribution in [0.3, 0.4) is 0 Å². The van der Waals surface area contributed by atoms with Crippen molar-refractivity contribution in [3.8, 4) is 5.75 Å². The number of nitrogens with zero attached hydrogens (tertiary/aromatic N) is 1. The molecule has 0 aliphatic carbocycles. The second-order valence-corrected chi connectivity index (χ2v) is 6.81. The molecule has 1 rings (SSSR count). The highest BCUT2D eigenvalue weighted by molar-refractivity contribution is 9.10. The quantitative estimate of drug-likeness (QED) is 0.781. The summed E-state index contributed by atoms with van der Waals surface area (Å²) in [7, 11) is -2.24. The Morgan fingerprint density at radius 3 is 2.43 bits per heavy atom. The second kappa shape index (κ2) is 7.77. The van der Waals surface area contributed by atoms with E-state index in [1.165, 1.54) is 19.2 Å². The molecule has 0 spiro atoms. The van der Waals surface area contributed by atoms with Crippen molar-refractivity contribution >= 4 is 31.9 Å². The van der Waals surface area contributed by atoms with Gasteiger partial charge in [0, 0.05) is 13.1 Å². The summed E-state index contributed by atoms with van der Waals surface area (Å²) in [4.78, 5) is 13.5. The minimum atomic E-state index is -3.74. The van der Waals surface area contributed by atoms with Gasteiger partial charge >= 0.3 is 0 Å². The first-order valence-corrected chi connectivity index (χ1v) is 8.74. The number of benzene rings is 1. The number of sulfonamides is 1. The normalized spacial score (nSPS) is 11.2. The summed E-state index contributed by atoms with van der Waals surface area (Å²) in [6, 6.07) is 4.40. The topological polar surface area (TPSA) is 75.7 Å². The van der Waals surface area contributed by atoms with Gasteiger partial charge in [-0.15, -0.1) is 0 Å².